The van der Waals surface area contributed by atoms with E-state index >= 15 is 0 Å². The lowest BCUT2D eigenvalue weighted by molar-refractivity contribution is -0.142. The fourth-order valence-electron chi connectivity index (χ4n) is 4.64. The zero-order valence-corrected chi connectivity index (χ0v) is 28.3. The largest absolute Gasteiger partial charge is 0.480 e. The SMILES string of the molecule is CCCCCCCCS(=O)C(C)Cc1ccc2c(c1)OCO2.CSCC[C@H](NC(=O)C(CS)Cc1ccccc1)C(=O)O. The third-order valence-corrected chi connectivity index (χ3v) is 10.1. The first-order valence-corrected chi connectivity index (χ1v) is 18.6. The van der Waals surface area contributed by atoms with E-state index in [0.717, 1.165) is 35.7 Å². The van der Waals surface area contributed by atoms with Crippen LogP contribution < -0.4 is 14.8 Å². The molecule has 7 nitrogen and oxygen atoms in total. The topological polar surface area (TPSA) is 102 Å². The van der Waals surface area contributed by atoms with Crippen molar-refractivity contribution in [3.8, 4) is 11.5 Å². The fourth-order valence-corrected chi connectivity index (χ4v) is 6.68. The van der Waals surface area contributed by atoms with E-state index in [1.54, 1.807) is 11.8 Å². The van der Waals surface area contributed by atoms with E-state index in [0.29, 0.717) is 31.1 Å². The Morgan fingerprint density at radius 3 is 2.37 bits per heavy atom. The van der Waals surface area contributed by atoms with Crippen molar-refractivity contribution < 1.29 is 28.4 Å². The Labute approximate surface area is 270 Å². The van der Waals surface area contributed by atoms with Crippen LogP contribution in [0.1, 0.15) is 69.9 Å². The summed E-state index contributed by atoms with van der Waals surface area (Å²) in [6.45, 7) is 4.61. The second-order valence-electron chi connectivity index (χ2n) is 10.8. The number of thiol groups is 1. The van der Waals surface area contributed by atoms with E-state index in [2.05, 4.69) is 31.8 Å². The summed E-state index contributed by atoms with van der Waals surface area (Å²) in [7, 11) is -0.743. The third kappa shape index (κ3) is 14.4. The normalized spacial score (nSPS) is 14.6. The molecular weight excluding hydrogens is 603 g/mol. The summed E-state index contributed by atoms with van der Waals surface area (Å²) in [4.78, 5) is 23.4. The van der Waals surface area contributed by atoms with Gasteiger partial charge in [0.25, 0.3) is 0 Å². The molecule has 0 radical (unpaired) electrons. The number of amides is 1. The molecule has 3 unspecified atom stereocenters. The first kappa shape index (κ1) is 37.0. The lowest BCUT2D eigenvalue weighted by Crippen LogP contribution is -2.44. The fraction of sp³-hybridized carbons (Fsp3) is 0.576. The number of hydrogen-bond donors (Lipinski definition) is 3. The molecule has 10 heteroatoms. The van der Waals surface area contributed by atoms with Crippen molar-refractivity contribution in [3.63, 3.8) is 0 Å². The average molecular weight is 652 g/mol. The number of nitrogens with one attached hydrogen (secondary N) is 1. The summed E-state index contributed by atoms with van der Waals surface area (Å²) in [5, 5.41) is 12.0. The van der Waals surface area contributed by atoms with E-state index in [1.165, 1.54) is 37.7 Å². The highest BCUT2D eigenvalue weighted by molar-refractivity contribution is 7.98. The maximum absolute atomic E-state index is 12.3. The Balaban J connectivity index is 0.000000301. The van der Waals surface area contributed by atoms with Crippen molar-refractivity contribution in [2.24, 2.45) is 5.92 Å². The van der Waals surface area contributed by atoms with Gasteiger partial charge in [0, 0.05) is 27.6 Å². The minimum atomic E-state index is -0.991. The van der Waals surface area contributed by atoms with Crippen molar-refractivity contribution >= 4 is 47.1 Å². The van der Waals surface area contributed by atoms with Gasteiger partial charge < -0.3 is 19.9 Å². The number of benzene rings is 2. The van der Waals surface area contributed by atoms with Gasteiger partial charge in [0.1, 0.15) is 6.04 Å². The Bertz CT molecular complexity index is 1120. The lowest BCUT2D eigenvalue weighted by Gasteiger charge is -2.19. The summed E-state index contributed by atoms with van der Waals surface area (Å²) >= 11 is 5.78. The second-order valence-corrected chi connectivity index (χ2v) is 14.1. The van der Waals surface area contributed by atoms with E-state index in [9.17, 15) is 13.8 Å². The van der Waals surface area contributed by atoms with Gasteiger partial charge in [0.05, 0.1) is 5.92 Å². The molecule has 3 rings (SSSR count). The van der Waals surface area contributed by atoms with Crippen molar-refractivity contribution in [3.05, 3.63) is 59.7 Å². The van der Waals surface area contributed by atoms with Crippen molar-refractivity contribution in [2.45, 2.75) is 82.9 Å². The molecule has 4 atom stereocenters. The number of carbonyl (C=O) groups excluding carboxylic acids is 1. The molecule has 240 valence electrons. The molecule has 0 saturated heterocycles. The molecule has 0 aliphatic carbocycles. The number of aliphatic carboxylic acids is 1. The molecule has 1 amide bonds. The van der Waals surface area contributed by atoms with Crippen LogP contribution in [-0.4, -0.2) is 62.8 Å². The Hall–Kier alpha value is -2.17. The predicted molar refractivity (Wildman–Crippen MR) is 182 cm³/mol. The first-order valence-electron chi connectivity index (χ1n) is 15.2. The number of fused-ring (bicyclic) bond motifs is 1. The molecule has 0 saturated carbocycles. The van der Waals surface area contributed by atoms with Crippen LogP contribution in [0.4, 0.5) is 0 Å². The maximum atomic E-state index is 12.3. The van der Waals surface area contributed by atoms with Gasteiger partial charge in [-0.15, -0.1) is 0 Å². The molecule has 2 aromatic carbocycles. The number of carboxylic acids is 1. The predicted octanol–water partition coefficient (Wildman–Crippen LogP) is 6.55. The molecule has 43 heavy (non-hydrogen) atoms. The molecule has 0 bridgehead atoms. The molecule has 1 aliphatic heterocycles. The van der Waals surface area contributed by atoms with Crippen molar-refractivity contribution in [1.82, 2.24) is 5.32 Å². The second kappa shape index (κ2) is 21.5. The lowest BCUT2D eigenvalue weighted by atomic mass is 9.99. The van der Waals surface area contributed by atoms with Gasteiger partial charge in [-0.3, -0.25) is 9.00 Å². The monoisotopic (exact) mass is 651 g/mol. The molecule has 1 heterocycles. The Morgan fingerprint density at radius 2 is 1.70 bits per heavy atom. The average Bonchev–Trinajstić information content (AvgIpc) is 3.48. The van der Waals surface area contributed by atoms with E-state index in [-0.39, 0.29) is 17.1 Å². The number of ether oxygens (including phenoxy) is 2. The van der Waals surface area contributed by atoms with E-state index in [4.69, 9.17) is 14.6 Å². The van der Waals surface area contributed by atoms with Crippen molar-refractivity contribution in [1.29, 1.82) is 0 Å². The standard InChI is InChI=1S/C18H28O3S.C15H21NO3S2/c1-3-4-5-6-7-8-11-22(19)15(2)12-16-9-10-17-18(13-16)21-14-20-17;1-21-8-7-13(15(18)19)16-14(17)12(10-20)9-11-5-3-2-4-6-11/h9-10,13,15H,3-8,11-12,14H2,1-2H3;2-6,12-13,20H,7-10H2,1H3,(H,16,17)(H,18,19)/t;12?,13-/m.0/s1. The summed E-state index contributed by atoms with van der Waals surface area (Å²) in [6.07, 6.45) is 11.2. The van der Waals surface area contributed by atoms with Crippen LogP contribution in [0.5, 0.6) is 11.5 Å². The molecule has 2 aromatic rings. The minimum absolute atomic E-state index is 0.191. The number of hydrogen-bond acceptors (Lipinski definition) is 7. The summed E-state index contributed by atoms with van der Waals surface area (Å²) in [5.74, 6) is 1.97. The third-order valence-electron chi connectivity index (χ3n) is 7.25. The van der Waals surface area contributed by atoms with Gasteiger partial charge in [-0.2, -0.15) is 24.4 Å². The molecule has 2 N–H and O–H groups in total. The smallest absolute Gasteiger partial charge is 0.326 e. The van der Waals surface area contributed by atoms with Crippen LogP contribution in [0.3, 0.4) is 0 Å². The molecule has 0 fully saturated rings. The van der Waals surface area contributed by atoms with E-state index in [1.807, 2.05) is 54.8 Å². The van der Waals surface area contributed by atoms with Gasteiger partial charge in [0.15, 0.2) is 11.5 Å². The highest BCUT2D eigenvalue weighted by Crippen LogP contribution is 2.33. The van der Waals surface area contributed by atoms with Crippen LogP contribution >= 0.6 is 24.4 Å². The first-order chi connectivity index (χ1) is 20.8. The van der Waals surface area contributed by atoms with Gasteiger partial charge in [-0.1, -0.05) is 82.3 Å². The number of thioether (sulfide) groups is 1. The zero-order valence-electron chi connectivity index (χ0n) is 25.8. The molecule has 0 spiro atoms. The molecule has 1 aliphatic rings. The maximum Gasteiger partial charge on any atom is 0.326 e. The van der Waals surface area contributed by atoms with Gasteiger partial charge >= 0.3 is 5.97 Å². The summed E-state index contributed by atoms with van der Waals surface area (Å²) in [5.41, 5.74) is 2.22. The van der Waals surface area contributed by atoms with Crippen LogP contribution in [0.25, 0.3) is 0 Å². The molecular formula is C33H49NO6S3. The quantitative estimate of drug-likeness (QED) is 0.117. The van der Waals surface area contributed by atoms with E-state index < -0.39 is 22.8 Å². The number of carboxylic acid groups (broad SMARTS) is 1. The highest BCUT2D eigenvalue weighted by Gasteiger charge is 2.24. The Kier molecular flexibility index (Phi) is 18.5. The summed E-state index contributed by atoms with van der Waals surface area (Å²) < 4.78 is 23.0. The number of rotatable bonds is 19. The van der Waals surface area contributed by atoms with Crippen molar-refractivity contribution in [2.75, 3.05) is 30.3 Å². The highest BCUT2D eigenvalue weighted by atomic mass is 32.2. The van der Waals surface area contributed by atoms with Crippen LogP contribution in [0.15, 0.2) is 48.5 Å². The zero-order chi connectivity index (χ0) is 31.5. The summed E-state index contributed by atoms with van der Waals surface area (Å²) in [6, 6.07) is 14.8. The van der Waals surface area contributed by atoms with Gasteiger partial charge in [-0.05, 0) is 61.0 Å². The van der Waals surface area contributed by atoms with Gasteiger partial charge in [0.2, 0.25) is 12.7 Å². The Morgan fingerprint density at radius 1 is 1.00 bits per heavy atom. The molecule has 0 aromatic heterocycles. The van der Waals surface area contributed by atoms with Crippen LogP contribution in [0, 0.1) is 5.92 Å². The van der Waals surface area contributed by atoms with Crippen LogP contribution in [-0.2, 0) is 33.2 Å². The van der Waals surface area contributed by atoms with Crippen LogP contribution in [0.2, 0.25) is 0 Å². The van der Waals surface area contributed by atoms with Gasteiger partial charge in [-0.25, -0.2) is 4.79 Å². The number of unbranched alkanes of at least 4 members (excludes halogenated alkanes) is 5. The minimum Gasteiger partial charge on any atom is -0.480 e. The number of carbonyl (C=O) groups is 2.